The molecule has 4 nitrogen and oxygen atoms in total. The van der Waals surface area contributed by atoms with E-state index in [1.165, 1.54) is 0 Å². The first-order valence-electron chi connectivity index (χ1n) is 7.16. The number of hydrogen-bond donors (Lipinski definition) is 2. The molecule has 1 fully saturated rings. The van der Waals surface area contributed by atoms with Crippen molar-refractivity contribution < 1.29 is 9.59 Å². The highest BCUT2D eigenvalue weighted by Crippen LogP contribution is 2.20. The number of nitrogens with one attached hydrogen (secondary N) is 1. The molecular formula is C16H22N2O2. The Morgan fingerprint density at radius 1 is 1.40 bits per heavy atom. The van der Waals surface area contributed by atoms with E-state index >= 15 is 0 Å². The molecule has 1 aromatic rings. The summed E-state index contributed by atoms with van der Waals surface area (Å²) in [4.78, 5) is 23.6. The Bertz CT molecular complexity index is 473. The molecule has 108 valence electrons. The predicted molar refractivity (Wildman–Crippen MR) is 78.1 cm³/mol. The minimum Gasteiger partial charge on any atom is -0.353 e. The van der Waals surface area contributed by atoms with Gasteiger partial charge in [0.25, 0.3) is 0 Å². The van der Waals surface area contributed by atoms with Crippen LogP contribution in [0.4, 0.5) is 0 Å². The molecule has 0 radical (unpaired) electrons. The lowest BCUT2D eigenvalue weighted by atomic mass is 9.94. The lowest BCUT2D eigenvalue weighted by molar-refractivity contribution is -0.127. The molecule has 1 saturated heterocycles. The van der Waals surface area contributed by atoms with Gasteiger partial charge in [-0.25, -0.2) is 0 Å². The van der Waals surface area contributed by atoms with Gasteiger partial charge in [0.1, 0.15) is 5.78 Å². The van der Waals surface area contributed by atoms with Crippen LogP contribution in [0.5, 0.6) is 0 Å². The monoisotopic (exact) mass is 274 g/mol. The van der Waals surface area contributed by atoms with E-state index in [0.29, 0.717) is 19.3 Å². The van der Waals surface area contributed by atoms with Crippen LogP contribution in [0.15, 0.2) is 30.3 Å². The number of benzene rings is 1. The van der Waals surface area contributed by atoms with Gasteiger partial charge < -0.3 is 11.1 Å². The van der Waals surface area contributed by atoms with Crippen molar-refractivity contribution in [2.75, 3.05) is 0 Å². The van der Waals surface area contributed by atoms with Crippen molar-refractivity contribution in [2.45, 2.75) is 44.7 Å². The number of ketones is 1. The molecule has 20 heavy (non-hydrogen) atoms. The molecule has 0 saturated carbocycles. The minimum absolute atomic E-state index is 0.00230. The van der Waals surface area contributed by atoms with E-state index in [1.807, 2.05) is 37.3 Å². The summed E-state index contributed by atoms with van der Waals surface area (Å²) in [5, 5.41) is 2.84. The predicted octanol–water partition coefficient (Wildman–Crippen LogP) is 1.43. The summed E-state index contributed by atoms with van der Waals surface area (Å²) in [6.07, 6.45) is 2.10. The largest absolute Gasteiger partial charge is 0.353 e. The molecule has 0 aliphatic carbocycles. The second kappa shape index (κ2) is 6.66. The van der Waals surface area contributed by atoms with Crippen molar-refractivity contribution in [2.24, 2.45) is 11.7 Å². The summed E-state index contributed by atoms with van der Waals surface area (Å²) in [7, 11) is 0. The number of carbonyl (C=O) groups is 2. The molecule has 3 atom stereocenters. The number of amides is 1. The summed E-state index contributed by atoms with van der Waals surface area (Å²) in [5.74, 6) is -0.0772. The molecule has 3 N–H and O–H groups in total. The molecule has 1 unspecified atom stereocenters. The number of Topliss-reactive ketones (excluding diaryl/α,β-unsaturated/α-hetero) is 1. The Hall–Kier alpha value is -1.68. The maximum Gasteiger partial charge on any atom is 0.223 e. The summed E-state index contributed by atoms with van der Waals surface area (Å²) in [6, 6.07) is 9.92. The third kappa shape index (κ3) is 4.17. The Balaban J connectivity index is 1.78. The summed E-state index contributed by atoms with van der Waals surface area (Å²) >= 11 is 0. The van der Waals surface area contributed by atoms with E-state index in [9.17, 15) is 9.59 Å². The lowest BCUT2D eigenvalue weighted by Crippen LogP contribution is -2.28. The first-order chi connectivity index (χ1) is 9.54. The average Bonchev–Trinajstić information content (AvgIpc) is 2.68. The second-order valence-electron chi connectivity index (χ2n) is 5.74. The van der Waals surface area contributed by atoms with E-state index in [4.69, 9.17) is 5.73 Å². The maximum atomic E-state index is 12.0. The van der Waals surface area contributed by atoms with Crippen LogP contribution in [-0.2, 0) is 16.0 Å². The molecule has 4 heteroatoms. The molecule has 1 aliphatic rings. The molecule has 0 spiro atoms. The Labute approximate surface area is 119 Å². The summed E-state index contributed by atoms with van der Waals surface area (Å²) < 4.78 is 0. The van der Waals surface area contributed by atoms with Crippen molar-refractivity contribution in [1.82, 2.24) is 5.32 Å². The fourth-order valence-corrected chi connectivity index (χ4v) is 2.77. The zero-order valence-electron chi connectivity index (χ0n) is 11.8. The van der Waals surface area contributed by atoms with Gasteiger partial charge in [0.15, 0.2) is 0 Å². The van der Waals surface area contributed by atoms with Gasteiger partial charge in [0.05, 0.1) is 0 Å². The van der Waals surface area contributed by atoms with Crippen molar-refractivity contribution in [3.05, 3.63) is 35.9 Å². The maximum absolute atomic E-state index is 12.0. The van der Waals surface area contributed by atoms with E-state index in [1.54, 1.807) is 0 Å². The first kappa shape index (κ1) is 14.7. The fraction of sp³-hybridized carbons (Fsp3) is 0.500. The Morgan fingerprint density at radius 2 is 2.10 bits per heavy atom. The van der Waals surface area contributed by atoms with Crippen LogP contribution in [0.1, 0.15) is 31.7 Å². The van der Waals surface area contributed by atoms with Gasteiger partial charge in [0, 0.05) is 30.8 Å². The van der Waals surface area contributed by atoms with Gasteiger partial charge in [-0.1, -0.05) is 30.3 Å². The van der Waals surface area contributed by atoms with Crippen LogP contribution in [0, 0.1) is 5.92 Å². The van der Waals surface area contributed by atoms with Gasteiger partial charge >= 0.3 is 0 Å². The highest BCUT2D eigenvalue weighted by Gasteiger charge is 2.31. The number of nitrogens with two attached hydrogens (primary N) is 1. The normalized spacial score (nSPS) is 23.4. The van der Waals surface area contributed by atoms with Crippen LogP contribution in [0.2, 0.25) is 0 Å². The SMILES string of the molecule is CC1C[C@H](CC(=O)C[C@H](N)Cc2ccccc2)C(=O)N1. The quantitative estimate of drug-likeness (QED) is 0.824. The van der Waals surface area contributed by atoms with E-state index in [2.05, 4.69) is 5.32 Å². The van der Waals surface area contributed by atoms with Crippen LogP contribution in [0.25, 0.3) is 0 Å². The van der Waals surface area contributed by atoms with Crippen molar-refractivity contribution in [1.29, 1.82) is 0 Å². The van der Waals surface area contributed by atoms with Crippen molar-refractivity contribution in [3.8, 4) is 0 Å². The smallest absolute Gasteiger partial charge is 0.223 e. The molecule has 1 heterocycles. The lowest BCUT2D eigenvalue weighted by Gasteiger charge is -2.12. The first-order valence-corrected chi connectivity index (χ1v) is 7.16. The fourth-order valence-electron chi connectivity index (χ4n) is 2.77. The molecule has 0 aromatic heterocycles. The van der Waals surface area contributed by atoms with E-state index in [0.717, 1.165) is 12.0 Å². The van der Waals surface area contributed by atoms with Gasteiger partial charge in [-0.15, -0.1) is 0 Å². The third-order valence-corrected chi connectivity index (χ3v) is 3.70. The van der Waals surface area contributed by atoms with Crippen molar-refractivity contribution in [3.63, 3.8) is 0 Å². The second-order valence-corrected chi connectivity index (χ2v) is 5.74. The number of rotatable bonds is 6. The summed E-state index contributed by atoms with van der Waals surface area (Å²) in [6.45, 7) is 1.96. The van der Waals surface area contributed by atoms with Crippen LogP contribution < -0.4 is 11.1 Å². The zero-order chi connectivity index (χ0) is 14.5. The molecule has 1 amide bonds. The topological polar surface area (TPSA) is 72.2 Å². The van der Waals surface area contributed by atoms with Crippen LogP contribution in [-0.4, -0.2) is 23.8 Å². The molecule has 1 aromatic carbocycles. The number of hydrogen-bond acceptors (Lipinski definition) is 3. The van der Waals surface area contributed by atoms with Gasteiger partial charge in [-0.3, -0.25) is 9.59 Å². The third-order valence-electron chi connectivity index (χ3n) is 3.70. The standard InChI is InChI=1S/C16H22N2O2/c1-11-7-13(16(20)18-11)9-15(19)10-14(17)8-12-5-3-2-4-6-12/h2-6,11,13-14H,7-10,17H2,1H3,(H,18,20)/t11?,13-,14-/m1/s1. The zero-order valence-corrected chi connectivity index (χ0v) is 11.8. The Kier molecular flexibility index (Phi) is 4.90. The van der Waals surface area contributed by atoms with Crippen molar-refractivity contribution >= 4 is 11.7 Å². The van der Waals surface area contributed by atoms with Crippen LogP contribution >= 0.6 is 0 Å². The highest BCUT2D eigenvalue weighted by molar-refractivity contribution is 5.88. The highest BCUT2D eigenvalue weighted by atomic mass is 16.2. The average molecular weight is 274 g/mol. The minimum atomic E-state index is -0.174. The van der Waals surface area contributed by atoms with Gasteiger partial charge in [-0.05, 0) is 25.3 Å². The van der Waals surface area contributed by atoms with E-state index in [-0.39, 0.29) is 29.7 Å². The molecule has 1 aliphatic heterocycles. The molecular weight excluding hydrogens is 252 g/mol. The molecule has 2 rings (SSSR count). The Morgan fingerprint density at radius 3 is 2.70 bits per heavy atom. The van der Waals surface area contributed by atoms with Crippen LogP contribution in [0.3, 0.4) is 0 Å². The van der Waals surface area contributed by atoms with E-state index < -0.39 is 0 Å². The van der Waals surface area contributed by atoms with Gasteiger partial charge in [-0.2, -0.15) is 0 Å². The number of carbonyl (C=O) groups excluding carboxylic acids is 2. The van der Waals surface area contributed by atoms with Gasteiger partial charge in [0.2, 0.25) is 5.91 Å². The summed E-state index contributed by atoms with van der Waals surface area (Å²) in [5.41, 5.74) is 7.16. The molecule has 0 bridgehead atoms.